The van der Waals surface area contributed by atoms with Gasteiger partial charge in [0.05, 0.1) is 12.2 Å². The number of benzene rings is 1. The third kappa shape index (κ3) is 2.72. The number of carbonyl (C=O) groups is 1. The summed E-state index contributed by atoms with van der Waals surface area (Å²) in [7, 11) is 0. The van der Waals surface area contributed by atoms with E-state index in [4.69, 9.17) is 0 Å². The van der Waals surface area contributed by atoms with Gasteiger partial charge in [0.15, 0.2) is 5.82 Å². The van der Waals surface area contributed by atoms with Crippen molar-refractivity contribution < 1.29 is 4.79 Å². The number of nitrogens with one attached hydrogen (secondary N) is 1. The Morgan fingerprint density at radius 3 is 2.75 bits per heavy atom. The van der Waals surface area contributed by atoms with Crippen LogP contribution in [0.5, 0.6) is 0 Å². The van der Waals surface area contributed by atoms with Gasteiger partial charge in [-0.15, -0.1) is 5.10 Å². The zero-order valence-corrected chi connectivity index (χ0v) is 12.4. The summed E-state index contributed by atoms with van der Waals surface area (Å²) in [6.07, 6.45) is 3.13. The van der Waals surface area contributed by atoms with Crippen LogP contribution in [0.4, 0.5) is 0 Å². The number of halogens is 1. The topological polar surface area (TPSA) is 72.7 Å². The molecule has 104 valence electrons. The molecule has 1 heterocycles. The van der Waals surface area contributed by atoms with E-state index in [-0.39, 0.29) is 11.8 Å². The summed E-state index contributed by atoms with van der Waals surface area (Å²) in [5, 5.41) is 14.5. The Morgan fingerprint density at radius 1 is 1.35 bits per heavy atom. The molecule has 3 rings (SSSR count). The normalized spacial score (nSPS) is 14.8. The molecule has 1 aromatic heterocycles. The van der Waals surface area contributed by atoms with Crippen LogP contribution in [0.15, 0.2) is 28.7 Å². The van der Waals surface area contributed by atoms with E-state index in [2.05, 4.69) is 36.8 Å². The molecule has 1 fully saturated rings. The van der Waals surface area contributed by atoms with Crippen LogP contribution in [0.3, 0.4) is 0 Å². The van der Waals surface area contributed by atoms with Crippen LogP contribution in [0.1, 0.15) is 25.1 Å². The maximum atomic E-state index is 11.8. The van der Waals surface area contributed by atoms with E-state index in [1.165, 1.54) is 0 Å². The van der Waals surface area contributed by atoms with Gasteiger partial charge in [-0.05, 0) is 47.5 Å². The maximum absolute atomic E-state index is 11.8. The summed E-state index contributed by atoms with van der Waals surface area (Å²) in [6.45, 7) is 0.346. The largest absolute Gasteiger partial charge is 0.348 e. The van der Waals surface area contributed by atoms with E-state index in [0.29, 0.717) is 12.4 Å². The second kappa shape index (κ2) is 5.70. The first-order valence-corrected chi connectivity index (χ1v) is 7.34. The summed E-state index contributed by atoms with van der Waals surface area (Å²) in [6, 6.07) is 7.68. The smallest absolute Gasteiger partial charge is 0.223 e. The third-order valence-electron chi connectivity index (χ3n) is 3.50. The van der Waals surface area contributed by atoms with Crippen molar-refractivity contribution in [3.63, 3.8) is 0 Å². The lowest BCUT2D eigenvalue weighted by Gasteiger charge is -2.23. The minimum Gasteiger partial charge on any atom is -0.348 e. The molecular formula is C13H14BrN5O. The highest BCUT2D eigenvalue weighted by Crippen LogP contribution is 2.26. The van der Waals surface area contributed by atoms with Gasteiger partial charge in [-0.25, -0.2) is 0 Å². The predicted molar refractivity (Wildman–Crippen MR) is 76.0 cm³/mol. The Labute approximate surface area is 124 Å². The first-order valence-electron chi connectivity index (χ1n) is 6.55. The summed E-state index contributed by atoms with van der Waals surface area (Å²) in [4.78, 5) is 11.8. The van der Waals surface area contributed by atoms with E-state index in [9.17, 15) is 4.79 Å². The van der Waals surface area contributed by atoms with E-state index in [1.807, 2.05) is 24.3 Å². The minimum absolute atomic E-state index is 0.0987. The number of tetrazole rings is 1. The number of hydrogen-bond donors (Lipinski definition) is 1. The molecule has 0 saturated heterocycles. The van der Waals surface area contributed by atoms with Crippen LogP contribution in [0.2, 0.25) is 0 Å². The van der Waals surface area contributed by atoms with Gasteiger partial charge in [0.2, 0.25) is 5.91 Å². The molecule has 0 radical (unpaired) electrons. The second-order valence-corrected chi connectivity index (χ2v) is 5.74. The van der Waals surface area contributed by atoms with Gasteiger partial charge in [0.25, 0.3) is 0 Å². The lowest BCUT2D eigenvalue weighted by Crippen LogP contribution is -2.34. The molecule has 2 aromatic rings. The molecule has 0 aliphatic heterocycles. The molecule has 0 spiro atoms. The van der Waals surface area contributed by atoms with Crippen LogP contribution < -0.4 is 5.32 Å². The molecule has 0 unspecified atom stereocenters. The zero-order valence-electron chi connectivity index (χ0n) is 10.8. The summed E-state index contributed by atoms with van der Waals surface area (Å²) >= 11 is 3.39. The fourth-order valence-electron chi connectivity index (χ4n) is 2.08. The maximum Gasteiger partial charge on any atom is 0.223 e. The molecule has 0 atom stereocenters. The average molecular weight is 336 g/mol. The SMILES string of the molecule is O=C(NCc1nnnn1-c1ccc(Br)cc1)C1CCC1. The van der Waals surface area contributed by atoms with Crippen LogP contribution >= 0.6 is 15.9 Å². The number of hydrogen-bond acceptors (Lipinski definition) is 4. The molecule has 7 heteroatoms. The van der Waals surface area contributed by atoms with E-state index >= 15 is 0 Å². The lowest BCUT2D eigenvalue weighted by atomic mass is 9.85. The molecule has 1 aromatic carbocycles. The van der Waals surface area contributed by atoms with Gasteiger partial charge in [-0.3, -0.25) is 4.79 Å². The zero-order chi connectivity index (χ0) is 13.9. The summed E-state index contributed by atoms with van der Waals surface area (Å²) in [5.41, 5.74) is 0.867. The van der Waals surface area contributed by atoms with Crippen molar-refractivity contribution in [2.45, 2.75) is 25.8 Å². The highest BCUT2D eigenvalue weighted by molar-refractivity contribution is 9.10. The lowest BCUT2D eigenvalue weighted by molar-refractivity contribution is -0.127. The minimum atomic E-state index is 0.0987. The van der Waals surface area contributed by atoms with E-state index < -0.39 is 0 Å². The van der Waals surface area contributed by atoms with Gasteiger partial charge in [-0.1, -0.05) is 22.4 Å². The molecule has 20 heavy (non-hydrogen) atoms. The first kappa shape index (κ1) is 13.2. The Kier molecular flexibility index (Phi) is 3.77. The van der Waals surface area contributed by atoms with E-state index in [1.54, 1.807) is 4.68 Å². The van der Waals surface area contributed by atoms with Crippen molar-refractivity contribution in [3.8, 4) is 5.69 Å². The standard InChI is InChI=1S/C13H14BrN5O/c14-10-4-6-11(7-5-10)19-12(16-17-18-19)8-15-13(20)9-2-1-3-9/h4-7,9H,1-3,8H2,(H,15,20). The Bertz CT molecular complexity index is 605. The molecule has 1 aliphatic rings. The van der Waals surface area contributed by atoms with Crippen molar-refractivity contribution >= 4 is 21.8 Å². The molecular weight excluding hydrogens is 322 g/mol. The highest BCUT2D eigenvalue weighted by atomic mass is 79.9. The van der Waals surface area contributed by atoms with Gasteiger partial charge >= 0.3 is 0 Å². The molecule has 1 saturated carbocycles. The fraction of sp³-hybridized carbons (Fsp3) is 0.385. The van der Waals surface area contributed by atoms with Crippen molar-refractivity contribution in [2.24, 2.45) is 5.92 Å². The molecule has 1 aliphatic carbocycles. The number of rotatable bonds is 4. The Balaban J connectivity index is 1.70. The van der Waals surface area contributed by atoms with Gasteiger partial charge < -0.3 is 5.32 Å². The van der Waals surface area contributed by atoms with Crippen molar-refractivity contribution in [2.75, 3.05) is 0 Å². The van der Waals surface area contributed by atoms with E-state index in [0.717, 1.165) is 29.4 Å². The molecule has 1 amide bonds. The van der Waals surface area contributed by atoms with Crippen molar-refractivity contribution in [1.29, 1.82) is 0 Å². The predicted octanol–water partition coefficient (Wildman–Crippen LogP) is 1.84. The quantitative estimate of drug-likeness (QED) is 0.925. The number of aromatic nitrogens is 4. The Hall–Kier alpha value is -1.76. The Morgan fingerprint density at radius 2 is 2.10 bits per heavy atom. The third-order valence-corrected chi connectivity index (χ3v) is 4.03. The van der Waals surface area contributed by atoms with Gasteiger partial charge in [-0.2, -0.15) is 4.68 Å². The highest BCUT2D eigenvalue weighted by Gasteiger charge is 2.25. The number of nitrogens with zero attached hydrogens (tertiary/aromatic N) is 4. The average Bonchev–Trinajstić information content (AvgIpc) is 2.83. The van der Waals surface area contributed by atoms with Crippen LogP contribution in [-0.2, 0) is 11.3 Å². The molecule has 6 nitrogen and oxygen atoms in total. The van der Waals surface area contributed by atoms with Crippen LogP contribution in [-0.4, -0.2) is 26.1 Å². The second-order valence-electron chi connectivity index (χ2n) is 4.83. The number of amides is 1. The van der Waals surface area contributed by atoms with Crippen LogP contribution in [0, 0.1) is 5.92 Å². The summed E-state index contributed by atoms with van der Waals surface area (Å²) in [5.74, 6) is 0.897. The monoisotopic (exact) mass is 335 g/mol. The van der Waals surface area contributed by atoms with Crippen LogP contribution in [0.25, 0.3) is 5.69 Å². The molecule has 1 N–H and O–H groups in total. The van der Waals surface area contributed by atoms with Gasteiger partial charge in [0.1, 0.15) is 0 Å². The molecule has 0 bridgehead atoms. The summed E-state index contributed by atoms with van der Waals surface area (Å²) < 4.78 is 2.63. The fourth-order valence-corrected chi connectivity index (χ4v) is 2.34. The van der Waals surface area contributed by atoms with Crippen molar-refractivity contribution in [3.05, 3.63) is 34.6 Å². The number of carbonyl (C=O) groups excluding carboxylic acids is 1. The van der Waals surface area contributed by atoms with Crippen molar-refractivity contribution in [1.82, 2.24) is 25.5 Å². The van der Waals surface area contributed by atoms with Gasteiger partial charge in [0, 0.05) is 10.4 Å². The first-order chi connectivity index (χ1) is 9.74.